The Morgan fingerprint density at radius 2 is 2.00 bits per heavy atom. The molecule has 0 spiro atoms. The number of hydrogen-bond acceptors (Lipinski definition) is 3. The molecule has 7 nitrogen and oxygen atoms in total. The summed E-state index contributed by atoms with van der Waals surface area (Å²) in [6.07, 6.45) is 0. The van der Waals surface area contributed by atoms with Crippen molar-refractivity contribution in [3.05, 3.63) is 27.6 Å². The van der Waals surface area contributed by atoms with Crippen molar-refractivity contribution < 1.29 is 23.9 Å². The molecule has 0 aliphatic carbocycles. The van der Waals surface area contributed by atoms with E-state index in [-0.39, 0.29) is 0 Å². The van der Waals surface area contributed by atoms with Crippen LogP contribution in [0.15, 0.2) is 18.2 Å². The van der Waals surface area contributed by atoms with Gasteiger partial charge in [0.2, 0.25) is 5.91 Å². The van der Waals surface area contributed by atoms with E-state index in [0.29, 0.717) is 9.26 Å². The number of carbonyl (C=O) groups excluding carboxylic acids is 2. The summed E-state index contributed by atoms with van der Waals surface area (Å²) in [7, 11) is 0. The van der Waals surface area contributed by atoms with Gasteiger partial charge in [0.15, 0.2) is 0 Å². The molecule has 9 heteroatoms. The maximum Gasteiger partial charge on any atom is 0.323 e. The normalized spacial score (nSPS) is 9.90. The van der Waals surface area contributed by atoms with Crippen LogP contribution in [0.25, 0.3) is 0 Å². The van der Waals surface area contributed by atoms with Gasteiger partial charge in [0.25, 0.3) is 0 Å². The second-order valence-corrected chi connectivity index (χ2v) is 4.93. The molecular weight excluding hydrogens is 384 g/mol. The van der Waals surface area contributed by atoms with Gasteiger partial charge in [-0.25, -0.2) is 9.18 Å². The Bertz CT molecular complexity index is 536. The molecule has 4 N–H and O–H groups in total. The van der Waals surface area contributed by atoms with Gasteiger partial charge < -0.3 is 21.1 Å². The molecule has 0 aliphatic rings. The summed E-state index contributed by atoms with van der Waals surface area (Å²) in [5, 5.41) is 11.1. The van der Waals surface area contributed by atoms with E-state index >= 15 is 0 Å². The summed E-state index contributed by atoms with van der Waals surface area (Å²) >= 11 is 1.81. The first-order valence-corrected chi connectivity index (χ1v) is 6.38. The van der Waals surface area contributed by atoms with E-state index < -0.39 is 36.8 Å². The summed E-state index contributed by atoms with van der Waals surface area (Å²) < 4.78 is 13.4. The van der Waals surface area contributed by atoms with E-state index in [4.69, 9.17) is 10.8 Å². The molecule has 0 saturated heterocycles. The molecule has 0 radical (unpaired) electrons. The monoisotopic (exact) mass is 395 g/mol. The number of rotatable bonds is 5. The number of carboxylic acids is 1. The average Bonchev–Trinajstić information content (AvgIpc) is 2.30. The quantitative estimate of drug-likeness (QED) is 0.642. The number of amides is 3. The van der Waals surface area contributed by atoms with Gasteiger partial charge in [0, 0.05) is 3.57 Å². The van der Waals surface area contributed by atoms with Crippen LogP contribution in [0, 0.1) is 9.39 Å². The highest BCUT2D eigenvalue weighted by molar-refractivity contribution is 14.1. The fourth-order valence-corrected chi connectivity index (χ4v) is 1.95. The smallest absolute Gasteiger partial charge is 0.323 e. The predicted molar refractivity (Wildman–Crippen MR) is 76.5 cm³/mol. The van der Waals surface area contributed by atoms with Gasteiger partial charge in [-0.05, 0) is 40.8 Å². The molecule has 0 heterocycles. The summed E-state index contributed by atoms with van der Waals surface area (Å²) in [5.74, 6) is -2.59. The summed E-state index contributed by atoms with van der Waals surface area (Å²) in [4.78, 5) is 34.1. The van der Waals surface area contributed by atoms with Gasteiger partial charge >= 0.3 is 12.0 Å². The first-order valence-electron chi connectivity index (χ1n) is 5.30. The van der Waals surface area contributed by atoms with E-state index in [9.17, 15) is 18.8 Å². The molecule has 20 heavy (non-hydrogen) atoms. The zero-order chi connectivity index (χ0) is 15.3. The van der Waals surface area contributed by atoms with Crippen molar-refractivity contribution in [2.45, 2.75) is 0 Å². The minimum Gasteiger partial charge on any atom is -0.480 e. The number of nitrogens with two attached hydrogens (primary N) is 1. The molecule has 0 fully saturated rings. The molecule has 1 aromatic carbocycles. The average molecular weight is 395 g/mol. The fraction of sp³-hybridized carbons (Fsp3) is 0.182. The molecule has 0 unspecified atom stereocenters. The van der Waals surface area contributed by atoms with Crippen LogP contribution in [-0.4, -0.2) is 41.0 Å². The Hall–Kier alpha value is -1.91. The Labute approximate surface area is 127 Å². The first kappa shape index (κ1) is 16.1. The van der Waals surface area contributed by atoms with Gasteiger partial charge in [-0.3, -0.25) is 9.59 Å². The minimum absolute atomic E-state index is 0.303. The van der Waals surface area contributed by atoms with Gasteiger partial charge in [-0.1, -0.05) is 0 Å². The van der Waals surface area contributed by atoms with E-state index in [1.807, 2.05) is 22.6 Å². The van der Waals surface area contributed by atoms with Crippen molar-refractivity contribution in [3.63, 3.8) is 0 Å². The van der Waals surface area contributed by atoms with Crippen molar-refractivity contribution >= 4 is 46.2 Å². The molecule has 108 valence electrons. The lowest BCUT2D eigenvalue weighted by Gasteiger charge is -2.20. The maximum atomic E-state index is 12.9. The number of halogens is 2. The van der Waals surface area contributed by atoms with Crippen LogP contribution in [-0.2, 0) is 9.59 Å². The molecule has 0 bridgehead atoms. The highest BCUT2D eigenvalue weighted by Crippen LogP contribution is 2.19. The number of anilines is 1. The number of nitrogens with one attached hydrogen (secondary N) is 1. The van der Waals surface area contributed by atoms with Crippen LogP contribution in [0.4, 0.5) is 14.9 Å². The highest BCUT2D eigenvalue weighted by Gasteiger charge is 2.19. The van der Waals surface area contributed by atoms with Gasteiger partial charge in [-0.15, -0.1) is 0 Å². The lowest BCUT2D eigenvalue weighted by Crippen LogP contribution is -2.43. The molecule has 0 aromatic heterocycles. The minimum atomic E-state index is -1.28. The molecule has 1 rings (SSSR count). The first-order chi connectivity index (χ1) is 9.29. The van der Waals surface area contributed by atoms with Crippen molar-refractivity contribution in [2.75, 3.05) is 18.4 Å². The van der Waals surface area contributed by atoms with Crippen LogP contribution in [0.5, 0.6) is 0 Å². The number of nitrogens with zero attached hydrogens (tertiary/aromatic N) is 1. The topological polar surface area (TPSA) is 113 Å². The van der Waals surface area contributed by atoms with Crippen LogP contribution in [0.3, 0.4) is 0 Å². The van der Waals surface area contributed by atoms with Crippen LogP contribution >= 0.6 is 22.6 Å². The lowest BCUT2D eigenvalue weighted by molar-refractivity contribution is -0.137. The molecular formula is C11H11FIN3O4. The Morgan fingerprint density at radius 3 is 2.50 bits per heavy atom. The van der Waals surface area contributed by atoms with Crippen LogP contribution in [0.2, 0.25) is 0 Å². The number of hydrogen-bond donors (Lipinski definition) is 3. The molecule has 3 amide bonds. The van der Waals surface area contributed by atoms with Gasteiger partial charge in [0.1, 0.15) is 18.9 Å². The molecule has 0 saturated carbocycles. The van der Waals surface area contributed by atoms with Crippen LogP contribution in [0.1, 0.15) is 0 Å². The predicted octanol–water partition coefficient (Wildman–Crippen LogP) is 0.834. The Balaban J connectivity index is 2.84. The largest absolute Gasteiger partial charge is 0.480 e. The second kappa shape index (κ2) is 7.03. The third kappa shape index (κ3) is 4.99. The van der Waals surface area contributed by atoms with E-state index in [1.165, 1.54) is 12.1 Å². The summed E-state index contributed by atoms with van der Waals surface area (Å²) in [6, 6.07) is 2.87. The molecule has 0 atom stereocenters. The van der Waals surface area contributed by atoms with Crippen molar-refractivity contribution in [3.8, 4) is 0 Å². The van der Waals surface area contributed by atoms with E-state index in [0.717, 1.165) is 11.0 Å². The number of primary amides is 1. The SMILES string of the molecule is NC(=O)CN(CC(=O)O)C(=O)Nc1ccc(F)cc1I. The number of carboxylic acid groups (broad SMARTS) is 1. The zero-order valence-corrected chi connectivity index (χ0v) is 12.3. The molecule has 1 aromatic rings. The molecule has 0 aliphatic heterocycles. The summed E-state index contributed by atoms with van der Waals surface area (Å²) in [6.45, 7) is -1.21. The standard InChI is InChI=1S/C11H11FIN3O4/c12-6-1-2-8(7(13)3-6)15-11(20)16(4-9(14)17)5-10(18)19/h1-3H,4-5H2,(H2,14,17)(H,15,20)(H,18,19). The van der Waals surface area contributed by atoms with E-state index in [2.05, 4.69) is 5.32 Å². The van der Waals surface area contributed by atoms with Crippen LogP contribution < -0.4 is 11.1 Å². The van der Waals surface area contributed by atoms with Crippen molar-refractivity contribution in [2.24, 2.45) is 5.73 Å². The van der Waals surface area contributed by atoms with Gasteiger partial charge in [-0.2, -0.15) is 0 Å². The number of urea groups is 1. The highest BCUT2D eigenvalue weighted by atomic mass is 127. The lowest BCUT2D eigenvalue weighted by atomic mass is 10.3. The zero-order valence-electron chi connectivity index (χ0n) is 10.1. The van der Waals surface area contributed by atoms with Crippen molar-refractivity contribution in [1.82, 2.24) is 4.90 Å². The third-order valence-corrected chi connectivity index (χ3v) is 3.03. The van der Waals surface area contributed by atoms with E-state index in [1.54, 1.807) is 0 Å². The van der Waals surface area contributed by atoms with Gasteiger partial charge in [0.05, 0.1) is 5.69 Å². The fourth-order valence-electron chi connectivity index (χ4n) is 1.34. The Kier molecular flexibility index (Phi) is 5.67. The third-order valence-electron chi connectivity index (χ3n) is 2.13. The van der Waals surface area contributed by atoms with Crippen molar-refractivity contribution in [1.29, 1.82) is 0 Å². The summed E-state index contributed by atoms with van der Waals surface area (Å²) in [5.41, 5.74) is 5.25. The second-order valence-electron chi connectivity index (χ2n) is 3.77. The Morgan fingerprint density at radius 1 is 1.35 bits per heavy atom. The number of benzene rings is 1. The maximum absolute atomic E-state index is 12.9. The number of aliphatic carboxylic acids is 1. The number of carbonyl (C=O) groups is 3.